The van der Waals surface area contributed by atoms with E-state index in [2.05, 4.69) is 81.1 Å². The predicted octanol–water partition coefficient (Wildman–Crippen LogP) is 6.09. The summed E-state index contributed by atoms with van der Waals surface area (Å²) < 4.78 is 75.1. The maximum atomic E-state index is 12.7. The third-order valence-electron chi connectivity index (χ3n) is 16.8. The SMILES string of the molecule is CC(CCCCNC(=S)Nc1ccc(CCOc2cc(CN3CCOCCOCCN(Cc4cccc(C(=O)O)n4)CCOCCOCC3)nc(C(=O)O)c2)cc1)C(=O)NCCOCCOCCOCCOCCOCCOCCOCCOCCC(=O)NC(CCCCNC(=O)CCCc1ccc(I)cc1)C(=O)O. The summed E-state index contributed by atoms with van der Waals surface area (Å²) in [5, 5.41) is 44.2. The van der Waals surface area contributed by atoms with Crippen LogP contribution in [-0.4, -0.2) is 293 Å². The molecule has 5 rings (SSSR count). The van der Waals surface area contributed by atoms with Crippen LogP contribution in [0.2, 0.25) is 0 Å². The first-order valence-corrected chi connectivity index (χ1v) is 39.5. The Kier molecular flexibility index (Phi) is 51.9. The Balaban J connectivity index is 0.760. The van der Waals surface area contributed by atoms with E-state index in [0.717, 1.165) is 43.4 Å². The Hall–Kier alpha value is -6.78. The fraction of sp³-hybridized carbons (Fsp3) is 0.623. The van der Waals surface area contributed by atoms with E-state index in [1.807, 2.05) is 43.3 Å². The van der Waals surface area contributed by atoms with E-state index < -0.39 is 29.9 Å². The zero-order valence-electron chi connectivity index (χ0n) is 63.7. The van der Waals surface area contributed by atoms with Gasteiger partial charge < -0.3 is 103 Å². The van der Waals surface area contributed by atoms with Crippen molar-refractivity contribution in [2.24, 2.45) is 5.92 Å². The molecular formula is C77H116IN9O22S. The van der Waals surface area contributed by atoms with Crippen LogP contribution in [0.15, 0.2) is 78.9 Å². The lowest BCUT2D eigenvalue weighted by Crippen LogP contribution is -2.41. The number of unbranched alkanes of at least 4 members (excludes halogenated alkanes) is 2. The second-order valence-corrected chi connectivity index (χ2v) is 27.3. The van der Waals surface area contributed by atoms with Gasteiger partial charge >= 0.3 is 17.9 Å². The number of thiocarbonyl (C=S) groups is 1. The summed E-state index contributed by atoms with van der Waals surface area (Å²) >= 11 is 7.81. The van der Waals surface area contributed by atoms with Crippen molar-refractivity contribution in [3.63, 3.8) is 0 Å². The van der Waals surface area contributed by atoms with E-state index >= 15 is 0 Å². The lowest BCUT2D eigenvalue weighted by atomic mass is 10.0. The molecule has 33 heteroatoms. The minimum absolute atomic E-state index is 0.00256. The van der Waals surface area contributed by atoms with Crippen LogP contribution in [0.4, 0.5) is 5.69 Å². The number of pyridine rings is 2. The van der Waals surface area contributed by atoms with Crippen LogP contribution >= 0.6 is 34.8 Å². The molecule has 0 radical (unpaired) electrons. The average Bonchev–Trinajstić information content (AvgIpc) is 0.853. The highest BCUT2D eigenvalue weighted by atomic mass is 127. The van der Waals surface area contributed by atoms with Crippen molar-refractivity contribution < 1.29 is 106 Å². The minimum atomic E-state index is -1.16. The third-order valence-corrected chi connectivity index (χ3v) is 17.7. The molecular weight excluding hydrogens is 1560 g/mol. The highest BCUT2D eigenvalue weighted by molar-refractivity contribution is 14.1. The number of nitrogens with one attached hydrogen (secondary N) is 5. The molecule has 2 atom stereocenters. The normalized spacial score (nSPS) is 14.3. The Morgan fingerprint density at radius 3 is 1.51 bits per heavy atom. The molecule has 0 saturated carbocycles. The summed E-state index contributed by atoms with van der Waals surface area (Å²) in [4.78, 5) is 85.4. The zero-order valence-corrected chi connectivity index (χ0v) is 66.6. The number of aromatic nitrogens is 2. The van der Waals surface area contributed by atoms with E-state index in [1.165, 1.54) is 21.3 Å². The zero-order chi connectivity index (χ0) is 78.7. The first-order chi connectivity index (χ1) is 53.6. The van der Waals surface area contributed by atoms with Gasteiger partial charge in [0.2, 0.25) is 17.7 Å². The van der Waals surface area contributed by atoms with Gasteiger partial charge in [0.25, 0.3) is 0 Å². The van der Waals surface area contributed by atoms with Crippen molar-refractivity contribution in [2.45, 2.75) is 96.7 Å². The molecule has 2 aromatic carbocycles. The molecule has 110 heavy (non-hydrogen) atoms. The van der Waals surface area contributed by atoms with Gasteiger partial charge in [-0.05, 0) is 127 Å². The number of rotatable bonds is 55. The Bertz CT molecular complexity index is 3170. The highest BCUT2D eigenvalue weighted by Gasteiger charge is 2.21. The fourth-order valence-corrected chi connectivity index (χ4v) is 11.3. The van der Waals surface area contributed by atoms with Gasteiger partial charge in [0.15, 0.2) is 10.8 Å². The van der Waals surface area contributed by atoms with E-state index in [-0.39, 0.29) is 55.2 Å². The highest BCUT2D eigenvalue weighted by Crippen LogP contribution is 2.19. The molecule has 8 N–H and O–H groups in total. The van der Waals surface area contributed by atoms with Crippen molar-refractivity contribution in [2.75, 3.05) is 216 Å². The van der Waals surface area contributed by atoms with Gasteiger partial charge in [0, 0.05) is 105 Å². The van der Waals surface area contributed by atoms with Crippen LogP contribution in [0.25, 0.3) is 0 Å². The van der Waals surface area contributed by atoms with Crippen molar-refractivity contribution in [1.82, 2.24) is 41.0 Å². The van der Waals surface area contributed by atoms with Gasteiger partial charge in [-0.2, -0.15) is 0 Å². The standard InChI is InChI=1S/C77H116IN9O22S/c1-60(73(90)80-26-33-98-39-45-104-47-49-106-51-53-108-55-54-107-52-50-105-48-46-103-44-38-97-31-23-72(89)85-69(75(93)94)11-3-5-24-79-71(88)13-6-9-61-14-18-63(78)19-15-61)8-2-4-25-81-77(110)84-64-20-16-62(17-21-64)22-32-109-67-56-66(83-70(57-67)76(95)96)59-87-29-36-101-42-40-99-34-27-86(28-35-100-41-43-102-37-30-87)58-65-10-7-12-68(82-65)74(91)92/h7,10,12,14-21,56-57,60,69H,2-6,8-9,11,13,22-55,58-59H2,1H3,(H,79,88)(H,80,90)(H,85,89)(H,91,92)(H,93,94)(H,95,96)(H2,81,84,110). The summed E-state index contributed by atoms with van der Waals surface area (Å²) in [7, 11) is 0. The lowest BCUT2D eigenvalue weighted by molar-refractivity contribution is -0.142. The van der Waals surface area contributed by atoms with Gasteiger partial charge in [-0.3, -0.25) is 24.2 Å². The number of carbonyl (C=O) groups excluding carboxylic acids is 3. The number of benzene rings is 2. The number of carbonyl (C=O) groups is 6. The van der Waals surface area contributed by atoms with Crippen LogP contribution < -0.4 is 31.3 Å². The van der Waals surface area contributed by atoms with Crippen molar-refractivity contribution in [3.8, 4) is 5.75 Å². The Morgan fingerprint density at radius 1 is 0.491 bits per heavy atom. The number of aryl methyl sites for hydroxylation is 1. The molecule has 1 saturated heterocycles. The molecule has 4 aromatic rings. The molecule has 2 aromatic heterocycles. The Morgan fingerprint density at radius 2 is 0.973 bits per heavy atom. The largest absolute Gasteiger partial charge is 0.493 e. The molecule has 3 amide bonds. The lowest BCUT2D eigenvalue weighted by Gasteiger charge is -2.23. The molecule has 3 heterocycles. The Labute approximate surface area is 665 Å². The van der Waals surface area contributed by atoms with Crippen molar-refractivity contribution in [3.05, 3.63) is 116 Å². The second-order valence-electron chi connectivity index (χ2n) is 25.6. The number of aliphatic carboxylic acids is 1. The van der Waals surface area contributed by atoms with Crippen molar-refractivity contribution >= 4 is 81.2 Å². The summed E-state index contributed by atoms with van der Waals surface area (Å²) in [6, 6.07) is 23.2. The minimum Gasteiger partial charge on any atom is -0.493 e. The maximum absolute atomic E-state index is 12.7. The van der Waals surface area contributed by atoms with Gasteiger partial charge in [-0.1, -0.05) is 43.7 Å². The number of aromatic carboxylic acids is 2. The van der Waals surface area contributed by atoms with Crippen LogP contribution in [0.3, 0.4) is 0 Å². The molecule has 1 aliphatic rings. The quantitative estimate of drug-likeness (QED) is 0.0141. The predicted molar refractivity (Wildman–Crippen MR) is 422 cm³/mol. The van der Waals surface area contributed by atoms with Gasteiger partial charge in [-0.15, -0.1) is 0 Å². The monoisotopic (exact) mass is 1680 g/mol. The van der Waals surface area contributed by atoms with Crippen LogP contribution in [0.5, 0.6) is 5.75 Å². The molecule has 2 unspecified atom stereocenters. The topological polar surface area (TPSA) is 376 Å². The first kappa shape index (κ1) is 93.8. The fourth-order valence-electron chi connectivity index (χ4n) is 10.7. The van der Waals surface area contributed by atoms with Gasteiger partial charge in [0.1, 0.15) is 17.5 Å². The average molecular weight is 1680 g/mol. The van der Waals surface area contributed by atoms with E-state index in [0.29, 0.717) is 259 Å². The summed E-state index contributed by atoms with van der Waals surface area (Å²) in [6.45, 7) is 15.9. The number of hydrogen-bond donors (Lipinski definition) is 8. The maximum Gasteiger partial charge on any atom is 0.354 e. The molecule has 614 valence electrons. The number of carboxylic acid groups (broad SMARTS) is 3. The number of ether oxygens (including phenoxy) is 13. The van der Waals surface area contributed by atoms with Crippen LogP contribution in [-0.2, 0) is 102 Å². The van der Waals surface area contributed by atoms with Crippen molar-refractivity contribution in [1.29, 1.82) is 0 Å². The summed E-state index contributed by atoms with van der Waals surface area (Å²) in [5.74, 6) is -3.53. The summed E-state index contributed by atoms with van der Waals surface area (Å²) in [5.41, 5.74) is 4.09. The van der Waals surface area contributed by atoms with E-state index in [1.54, 1.807) is 18.2 Å². The molecule has 0 bridgehead atoms. The summed E-state index contributed by atoms with van der Waals surface area (Å²) in [6.07, 6.45) is 6.42. The molecule has 1 fully saturated rings. The number of halogens is 1. The first-order valence-electron chi connectivity index (χ1n) is 38.0. The molecule has 0 spiro atoms. The smallest absolute Gasteiger partial charge is 0.354 e. The van der Waals surface area contributed by atoms with E-state index in [4.69, 9.17) is 73.8 Å². The number of hydrogen-bond acceptors (Lipinski definition) is 24. The third kappa shape index (κ3) is 46.9. The number of anilines is 1. The number of amides is 3. The number of nitrogens with zero attached hydrogens (tertiary/aromatic N) is 4. The van der Waals surface area contributed by atoms with E-state index in [9.17, 15) is 44.1 Å². The number of carboxylic acids is 3. The van der Waals surface area contributed by atoms with Crippen LogP contribution in [0, 0.1) is 9.49 Å². The van der Waals surface area contributed by atoms with Crippen LogP contribution in [0.1, 0.15) is 108 Å². The molecule has 0 aliphatic carbocycles. The molecule has 1 aliphatic heterocycles. The van der Waals surface area contributed by atoms with Gasteiger partial charge in [-0.25, -0.2) is 24.4 Å². The second kappa shape index (κ2) is 60.8. The van der Waals surface area contributed by atoms with Gasteiger partial charge in [0.05, 0.1) is 177 Å². The molecule has 31 nitrogen and oxygen atoms in total.